The highest BCUT2D eigenvalue weighted by Gasteiger charge is 2.17. The summed E-state index contributed by atoms with van der Waals surface area (Å²) < 4.78 is 16.3. The molecule has 2 heterocycles. The van der Waals surface area contributed by atoms with Gasteiger partial charge in [0.2, 0.25) is 5.91 Å². The summed E-state index contributed by atoms with van der Waals surface area (Å²) in [6.45, 7) is 5.47. The number of anilines is 1. The summed E-state index contributed by atoms with van der Waals surface area (Å²) in [5.41, 5.74) is 0.984. The molecule has 1 saturated heterocycles. The number of morpholine rings is 1. The molecule has 0 aliphatic carbocycles. The molecule has 1 amide bonds. The lowest BCUT2D eigenvalue weighted by molar-refractivity contribution is -0.121. The monoisotopic (exact) mass is 399 g/mol. The summed E-state index contributed by atoms with van der Waals surface area (Å²) in [7, 11) is 1.63. The van der Waals surface area contributed by atoms with Crippen molar-refractivity contribution in [2.45, 2.75) is 32.4 Å². The lowest BCUT2D eigenvalue weighted by atomic mass is 10.2. The number of nitrogens with one attached hydrogen (secondary N) is 1. The molecule has 1 N–H and O–H groups in total. The van der Waals surface area contributed by atoms with Crippen LogP contribution in [0, 0.1) is 0 Å². The molecule has 1 unspecified atom stereocenters. The maximum Gasteiger partial charge on any atom is 0.220 e. The number of hydrogen-bond acceptors (Lipinski definition) is 6. The first-order chi connectivity index (χ1) is 14.1. The molecule has 7 nitrogen and oxygen atoms in total. The molecule has 1 aromatic carbocycles. The van der Waals surface area contributed by atoms with Crippen molar-refractivity contribution < 1.29 is 19.0 Å². The average Bonchev–Trinajstić information content (AvgIpc) is 2.76. The maximum atomic E-state index is 12.0. The first-order valence-corrected chi connectivity index (χ1v) is 9.99. The van der Waals surface area contributed by atoms with Crippen molar-refractivity contribution in [2.75, 3.05) is 38.3 Å². The van der Waals surface area contributed by atoms with Crippen LogP contribution in [0.3, 0.4) is 0 Å². The first kappa shape index (κ1) is 20.9. The van der Waals surface area contributed by atoms with Gasteiger partial charge in [-0.1, -0.05) is 6.07 Å². The van der Waals surface area contributed by atoms with Gasteiger partial charge in [0, 0.05) is 32.3 Å². The standard InChI is InChI=1S/C22H29N3O4/c1-17-16-25(11-13-28-17)21-10-5-18(14-23-21)15-24-22(26)4-3-12-29-20-8-6-19(27-2)7-9-20/h5-10,14,17H,3-4,11-13,15-16H2,1-2H3,(H,24,26). The summed E-state index contributed by atoms with van der Waals surface area (Å²) in [6.07, 6.45) is 3.12. The highest BCUT2D eigenvalue weighted by molar-refractivity contribution is 5.75. The van der Waals surface area contributed by atoms with Gasteiger partial charge >= 0.3 is 0 Å². The molecule has 0 radical (unpaired) electrons. The van der Waals surface area contributed by atoms with Crippen LogP contribution in [0.5, 0.6) is 11.5 Å². The minimum absolute atomic E-state index is 0.00871. The largest absolute Gasteiger partial charge is 0.497 e. The van der Waals surface area contributed by atoms with Gasteiger partial charge in [-0.05, 0) is 49.2 Å². The van der Waals surface area contributed by atoms with Crippen molar-refractivity contribution >= 4 is 11.7 Å². The quantitative estimate of drug-likeness (QED) is 0.654. The Bertz CT molecular complexity index is 765. The third-order valence-corrected chi connectivity index (χ3v) is 4.74. The first-order valence-electron chi connectivity index (χ1n) is 9.99. The lowest BCUT2D eigenvalue weighted by Gasteiger charge is -2.32. The molecule has 1 aliphatic rings. The number of benzene rings is 1. The number of methoxy groups -OCH3 is 1. The van der Waals surface area contributed by atoms with E-state index >= 15 is 0 Å². The molecule has 0 saturated carbocycles. The van der Waals surface area contributed by atoms with Crippen LogP contribution in [0.15, 0.2) is 42.6 Å². The molecule has 1 atom stereocenters. The van der Waals surface area contributed by atoms with Crippen LogP contribution in [0.25, 0.3) is 0 Å². The molecule has 0 bridgehead atoms. The van der Waals surface area contributed by atoms with Gasteiger partial charge in [-0.2, -0.15) is 0 Å². The van der Waals surface area contributed by atoms with Crippen LogP contribution >= 0.6 is 0 Å². The molecule has 1 aliphatic heterocycles. The van der Waals surface area contributed by atoms with E-state index in [1.807, 2.05) is 42.6 Å². The Balaban J connectivity index is 1.33. The van der Waals surface area contributed by atoms with E-state index in [0.717, 1.165) is 42.6 Å². The van der Waals surface area contributed by atoms with Gasteiger partial charge in [0.15, 0.2) is 0 Å². The summed E-state index contributed by atoms with van der Waals surface area (Å²) in [5.74, 6) is 2.52. The number of amides is 1. The number of aromatic nitrogens is 1. The van der Waals surface area contributed by atoms with Crippen molar-refractivity contribution in [3.63, 3.8) is 0 Å². The highest BCUT2D eigenvalue weighted by atomic mass is 16.5. The number of ether oxygens (including phenoxy) is 3. The molecule has 2 aromatic rings. The zero-order chi connectivity index (χ0) is 20.5. The number of rotatable bonds is 9. The van der Waals surface area contributed by atoms with E-state index in [2.05, 4.69) is 22.1 Å². The molecular formula is C22H29N3O4. The Hall–Kier alpha value is -2.80. The fraction of sp³-hybridized carbons (Fsp3) is 0.455. The second-order valence-corrected chi connectivity index (χ2v) is 7.06. The fourth-order valence-corrected chi connectivity index (χ4v) is 3.12. The highest BCUT2D eigenvalue weighted by Crippen LogP contribution is 2.17. The Labute approximate surface area is 172 Å². The van der Waals surface area contributed by atoms with Crippen molar-refractivity contribution in [1.82, 2.24) is 10.3 Å². The van der Waals surface area contributed by atoms with Gasteiger partial charge in [-0.3, -0.25) is 4.79 Å². The van der Waals surface area contributed by atoms with Gasteiger partial charge in [0.25, 0.3) is 0 Å². The number of nitrogens with zero attached hydrogens (tertiary/aromatic N) is 2. The average molecular weight is 399 g/mol. The number of carbonyl (C=O) groups is 1. The SMILES string of the molecule is COc1ccc(OCCCC(=O)NCc2ccc(N3CCOC(C)C3)nc2)cc1. The van der Waals surface area contributed by atoms with E-state index < -0.39 is 0 Å². The van der Waals surface area contributed by atoms with Crippen molar-refractivity contribution in [3.05, 3.63) is 48.2 Å². The summed E-state index contributed by atoms with van der Waals surface area (Å²) in [4.78, 5) is 18.8. The van der Waals surface area contributed by atoms with Crippen molar-refractivity contribution in [1.29, 1.82) is 0 Å². The third kappa shape index (κ3) is 6.64. The number of hydrogen-bond donors (Lipinski definition) is 1. The van der Waals surface area contributed by atoms with Crippen LogP contribution < -0.4 is 19.7 Å². The summed E-state index contributed by atoms with van der Waals surface area (Å²) in [6, 6.07) is 11.4. The number of carbonyl (C=O) groups excluding carboxylic acids is 1. The van der Waals surface area contributed by atoms with Crippen LogP contribution in [0.1, 0.15) is 25.3 Å². The van der Waals surface area contributed by atoms with E-state index in [4.69, 9.17) is 14.2 Å². The zero-order valence-electron chi connectivity index (χ0n) is 17.1. The van der Waals surface area contributed by atoms with Crippen LogP contribution in [0.2, 0.25) is 0 Å². The van der Waals surface area contributed by atoms with Gasteiger partial charge in [-0.25, -0.2) is 4.98 Å². The minimum Gasteiger partial charge on any atom is -0.497 e. The third-order valence-electron chi connectivity index (χ3n) is 4.74. The molecule has 1 aromatic heterocycles. The van der Waals surface area contributed by atoms with Gasteiger partial charge in [0.1, 0.15) is 17.3 Å². The molecule has 3 rings (SSSR count). The van der Waals surface area contributed by atoms with Gasteiger partial charge in [-0.15, -0.1) is 0 Å². The van der Waals surface area contributed by atoms with Gasteiger partial charge in [0.05, 0.1) is 26.4 Å². The number of pyridine rings is 1. The maximum absolute atomic E-state index is 12.0. The molecule has 7 heteroatoms. The molecule has 29 heavy (non-hydrogen) atoms. The molecular weight excluding hydrogens is 370 g/mol. The zero-order valence-corrected chi connectivity index (χ0v) is 17.1. The normalized spacial score (nSPS) is 16.3. The smallest absolute Gasteiger partial charge is 0.220 e. The Morgan fingerprint density at radius 2 is 2.03 bits per heavy atom. The lowest BCUT2D eigenvalue weighted by Crippen LogP contribution is -2.41. The van der Waals surface area contributed by atoms with Crippen LogP contribution in [0.4, 0.5) is 5.82 Å². The second kappa shape index (κ2) is 10.7. The Morgan fingerprint density at radius 1 is 1.24 bits per heavy atom. The van der Waals surface area contributed by atoms with Gasteiger partial charge < -0.3 is 24.4 Å². The van der Waals surface area contributed by atoms with E-state index in [-0.39, 0.29) is 12.0 Å². The minimum atomic E-state index is 0.00871. The van der Waals surface area contributed by atoms with Crippen LogP contribution in [-0.4, -0.2) is 50.4 Å². The summed E-state index contributed by atoms with van der Waals surface area (Å²) >= 11 is 0. The van der Waals surface area contributed by atoms with Crippen LogP contribution in [-0.2, 0) is 16.1 Å². The molecule has 1 fully saturated rings. The Morgan fingerprint density at radius 3 is 2.72 bits per heavy atom. The van der Waals surface area contributed by atoms with Crippen molar-refractivity contribution in [3.8, 4) is 11.5 Å². The predicted molar refractivity (Wildman–Crippen MR) is 111 cm³/mol. The van der Waals surface area contributed by atoms with E-state index in [1.54, 1.807) is 7.11 Å². The summed E-state index contributed by atoms with van der Waals surface area (Å²) in [5, 5.41) is 2.93. The van der Waals surface area contributed by atoms with Crippen molar-refractivity contribution in [2.24, 2.45) is 0 Å². The fourth-order valence-electron chi connectivity index (χ4n) is 3.12. The Kier molecular flexibility index (Phi) is 7.69. The van der Waals surface area contributed by atoms with E-state index in [0.29, 0.717) is 26.0 Å². The predicted octanol–water partition coefficient (Wildman–Crippen LogP) is 2.79. The topological polar surface area (TPSA) is 72.9 Å². The molecule has 0 spiro atoms. The second-order valence-electron chi connectivity index (χ2n) is 7.06. The van der Waals surface area contributed by atoms with E-state index in [1.165, 1.54) is 0 Å². The molecule has 156 valence electrons. The van der Waals surface area contributed by atoms with E-state index in [9.17, 15) is 4.79 Å².